The third-order valence-electron chi connectivity index (χ3n) is 4.30. The van der Waals surface area contributed by atoms with Crippen molar-refractivity contribution in [3.63, 3.8) is 0 Å². The summed E-state index contributed by atoms with van der Waals surface area (Å²) in [7, 11) is 0. The van der Waals surface area contributed by atoms with Gasteiger partial charge in [-0.25, -0.2) is 9.67 Å². The fourth-order valence-corrected chi connectivity index (χ4v) is 3.38. The number of aromatic nitrogens is 3. The van der Waals surface area contributed by atoms with Crippen molar-refractivity contribution in [1.82, 2.24) is 14.8 Å². The summed E-state index contributed by atoms with van der Waals surface area (Å²) in [5, 5.41) is 9.48. The predicted molar refractivity (Wildman–Crippen MR) is 121 cm³/mol. The smallest absolute Gasteiger partial charge is 0.142 e. The van der Waals surface area contributed by atoms with E-state index >= 15 is 0 Å². The highest BCUT2D eigenvalue weighted by Gasteiger charge is 2.12. The minimum Gasteiger partial charge on any atom is -0.457 e. The summed E-state index contributed by atoms with van der Waals surface area (Å²) in [5.74, 6) is 1.49. The molecule has 6 nitrogen and oxygen atoms in total. The molecule has 0 aliphatic heterocycles. The van der Waals surface area contributed by atoms with E-state index in [1.165, 1.54) is 6.33 Å². The molecule has 1 heterocycles. The quantitative estimate of drug-likeness (QED) is 0.243. The van der Waals surface area contributed by atoms with Crippen molar-refractivity contribution >= 4 is 28.9 Å². The molecule has 0 fully saturated rings. The molecule has 0 spiro atoms. The number of hydrogen-bond acceptors (Lipinski definition) is 5. The predicted octanol–water partition coefficient (Wildman–Crippen LogP) is 6.00. The molecule has 4 aromatic rings. The number of benzene rings is 3. The maximum atomic E-state index is 6.38. The molecule has 31 heavy (non-hydrogen) atoms. The van der Waals surface area contributed by atoms with Gasteiger partial charge in [0.25, 0.3) is 0 Å². The third-order valence-corrected chi connectivity index (χ3v) is 4.85. The van der Waals surface area contributed by atoms with Crippen LogP contribution in [0.2, 0.25) is 10.0 Å². The molecule has 8 heteroatoms. The Bertz CT molecular complexity index is 1170. The Morgan fingerprint density at radius 3 is 2.55 bits per heavy atom. The van der Waals surface area contributed by atoms with Gasteiger partial charge >= 0.3 is 0 Å². The highest BCUT2D eigenvalue weighted by atomic mass is 35.5. The van der Waals surface area contributed by atoms with Gasteiger partial charge in [-0.1, -0.05) is 58.7 Å². The SMILES string of the molecule is Clc1ccc(C(Cn2cncn2)=NOCc2cccc(Oc3ccccc3)c2)c(Cl)c1. The molecular formula is C23H18Cl2N4O2. The summed E-state index contributed by atoms with van der Waals surface area (Å²) in [6.07, 6.45) is 3.06. The van der Waals surface area contributed by atoms with Crippen LogP contribution in [0.15, 0.2) is 90.6 Å². The first-order valence-electron chi connectivity index (χ1n) is 9.46. The molecule has 4 rings (SSSR count). The first-order chi connectivity index (χ1) is 15.2. The van der Waals surface area contributed by atoms with Crippen molar-refractivity contribution in [2.75, 3.05) is 0 Å². The van der Waals surface area contributed by atoms with Crippen molar-refractivity contribution in [2.45, 2.75) is 13.2 Å². The molecule has 0 unspecified atom stereocenters. The van der Waals surface area contributed by atoms with Crippen molar-refractivity contribution in [3.8, 4) is 11.5 Å². The number of nitrogens with zero attached hydrogens (tertiary/aromatic N) is 4. The van der Waals surface area contributed by atoms with Gasteiger partial charge in [-0.05, 0) is 48.0 Å². The zero-order valence-electron chi connectivity index (χ0n) is 16.4. The van der Waals surface area contributed by atoms with Crippen molar-refractivity contribution in [1.29, 1.82) is 0 Å². The Hall–Kier alpha value is -3.35. The number of hydrogen-bond donors (Lipinski definition) is 0. The van der Waals surface area contributed by atoms with Crippen molar-refractivity contribution < 1.29 is 9.57 Å². The Morgan fingerprint density at radius 2 is 1.77 bits per heavy atom. The van der Waals surface area contributed by atoms with Crippen LogP contribution in [-0.4, -0.2) is 20.5 Å². The summed E-state index contributed by atoms with van der Waals surface area (Å²) in [6.45, 7) is 0.608. The molecule has 156 valence electrons. The van der Waals surface area contributed by atoms with Crippen molar-refractivity contribution in [2.24, 2.45) is 5.16 Å². The van der Waals surface area contributed by atoms with E-state index in [-0.39, 0.29) is 6.61 Å². The second kappa shape index (κ2) is 10.1. The van der Waals surface area contributed by atoms with Crippen LogP contribution in [0.5, 0.6) is 11.5 Å². The van der Waals surface area contributed by atoms with Crippen LogP contribution < -0.4 is 4.74 Å². The first kappa shape index (κ1) is 20.9. The van der Waals surface area contributed by atoms with E-state index in [4.69, 9.17) is 32.8 Å². The first-order valence-corrected chi connectivity index (χ1v) is 10.2. The van der Waals surface area contributed by atoms with E-state index in [0.717, 1.165) is 17.1 Å². The molecule has 0 saturated heterocycles. The average Bonchev–Trinajstić information content (AvgIpc) is 3.27. The minimum absolute atomic E-state index is 0.262. The standard InChI is InChI=1S/C23H18Cl2N4O2/c24-18-9-10-21(22(25)12-18)23(13-29-16-26-15-27-29)28-30-14-17-5-4-8-20(11-17)31-19-6-2-1-3-7-19/h1-12,15-16H,13-14H2. The molecule has 0 saturated carbocycles. The molecule has 0 atom stereocenters. The number of rotatable bonds is 8. The topological polar surface area (TPSA) is 61.5 Å². The Balaban J connectivity index is 1.49. The average molecular weight is 453 g/mol. The lowest BCUT2D eigenvalue weighted by Gasteiger charge is -2.10. The molecule has 3 aromatic carbocycles. The molecule has 1 aromatic heterocycles. The van der Waals surface area contributed by atoms with Gasteiger partial charge in [-0.3, -0.25) is 0 Å². The van der Waals surface area contributed by atoms with E-state index < -0.39 is 0 Å². The van der Waals surface area contributed by atoms with Crippen LogP contribution in [0.1, 0.15) is 11.1 Å². The summed E-state index contributed by atoms with van der Waals surface area (Å²) < 4.78 is 7.51. The zero-order valence-corrected chi connectivity index (χ0v) is 17.9. The molecule has 0 bridgehead atoms. The molecule has 0 aliphatic carbocycles. The monoisotopic (exact) mass is 452 g/mol. The van der Waals surface area contributed by atoms with Gasteiger partial charge in [-0.15, -0.1) is 0 Å². The minimum atomic E-state index is 0.262. The molecule has 0 amide bonds. The number of para-hydroxylation sites is 1. The van der Waals surface area contributed by atoms with E-state index in [1.807, 2.05) is 54.6 Å². The van der Waals surface area contributed by atoms with Crippen LogP contribution in [-0.2, 0) is 18.0 Å². The Kier molecular flexibility index (Phi) is 6.82. The lowest BCUT2D eigenvalue weighted by atomic mass is 10.1. The maximum absolute atomic E-state index is 6.38. The highest BCUT2D eigenvalue weighted by Crippen LogP contribution is 2.24. The van der Waals surface area contributed by atoms with Gasteiger partial charge in [0, 0.05) is 10.6 Å². The molecule has 0 N–H and O–H groups in total. The zero-order chi connectivity index (χ0) is 21.5. The summed E-state index contributed by atoms with van der Waals surface area (Å²) in [6, 6.07) is 22.5. The molecular weight excluding hydrogens is 435 g/mol. The summed E-state index contributed by atoms with van der Waals surface area (Å²) in [5.41, 5.74) is 2.23. The fraction of sp³-hybridized carbons (Fsp3) is 0.0870. The van der Waals surface area contributed by atoms with E-state index in [2.05, 4.69) is 15.2 Å². The lowest BCUT2D eigenvalue weighted by molar-refractivity contribution is 0.129. The van der Waals surface area contributed by atoms with Gasteiger partial charge < -0.3 is 9.57 Å². The van der Waals surface area contributed by atoms with Gasteiger partial charge in [0.1, 0.15) is 36.5 Å². The van der Waals surface area contributed by atoms with Gasteiger partial charge in [0.05, 0.1) is 11.6 Å². The van der Waals surface area contributed by atoms with Gasteiger partial charge in [0.15, 0.2) is 0 Å². The highest BCUT2D eigenvalue weighted by molar-refractivity contribution is 6.37. The fourth-order valence-electron chi connectivity index (χ4n) is 2.86. The van der Waals surface area contributed by atoms with Gasteiger partial charge in [-0.2, -0.15) is 5.10 Å². The number of ether oxygens (including phenoxy) is 1. The van der Waals surface area contributed by atoms with Crippen LogP contribution in [0.3, 0.4) is 0 Å². The Morgan fingerprint density at radius 1 is 0.935 bits per heavy atom. The maximum Gasteiger partial charge on any atom is 0.142 e. The molecule has 0 aliphatic rings. The van der Waals surface area contributed by atoms with E-state index in [1.54, 1.807) is 29.2 Å². The van der Waals surface area contributed by atoms with Gasteiger partial charge in [0.2, 0.25) is 0 Å². The second-order valence-corrected chi connectivity index (χ2v) is 7.43. The van der Waals surface area contributed by atoms with Crippen molar-refractivity contribution in [3.05, 3.63) is 107 Å². The number of halogens is 2. The van der Waals surface area contributed by atoms with E-state index in [0.29, 0.717) is 27.9 Å². The summed E-state index contributed by atoms with van der Waals surface area (Å²) >= 11 is 12.4. The number of oxime groups is 1. The van der Waals surface area contributed by atoms with Crippen LogP contribution in [0.25, 0.3) is 0 Å². The van der Waals surface area contributed by atoms with Crippen LogP contribution in [0.4, 0.5) is 0 Å². The third kappa shape index (κ3) is 5.84. The normalized spacial score (nSPS) is 11.4. The Labute approximate surface area is 189 Å². The summed E-state index contributed by atoms with van der Waals surface area (Å²) in [4.78, 5) is 9.62. The van der Waals surface area contributed by atoms with E-state index in [9.17, 15) is 0 Å². The molecule has 0 radical (unpaired) electrons. The largest absolute Gasteiger partial charge is 0.457 e. The lowest BCUT2D eigenvalue weighted by Crippen LogP contribution is -2.13. The van der Waals surface area contributed by atoms with Crippen LogP contribution in [0, 0.1) is 0 Å². The second-order valence-electron chi connectivity index (χ2n) is 6.59. The van der Waals surface area contributed by atoms with Crippen LogP contribution >= 0.6 is 23.2 Å².